The van der Waals surface area contributed by atoms with Gasteiger partial charge in [-0.3, -0.25) is 0 Å². The molecule has 1 aromatic rings. The summed E-state index contributed by atoms with van der Waals surface area (Å²) in [4.78, 5) is 16.3. The van der Waals surface area contributed by atoms with Crippen LogP contribution >= 0.6 is 15.9 Å². The van der Waals surface area contributed by atoms with Crippen LogP contribution in [0.5, 0.6) is 0 Å². The molecule has 0 radical (unpaired) electrons. The van der Waals surface area contributed by atoms with Gasteiger partial charge in [-0.05, 0) is 38.0 Å². The fourth-order valence-corrected chi connectivity index (χ4v) is 2.72. The number of hydrogen-bond acceptors (Lipinski definition) is 2. The minimum absolute atomic E-state index is 0.0640. The molecule has 1 fully saturated rings. The predicted molar refractivity (Wildman–Crippen MR) is 90.9 cm³/mol. The standard InChI is InChI=1S/C16H24BrN3O/c1-4-13(3)18-16(21)20-9-7-19(8-10-20)14-6-5-12(2)15(17)11-14/h5-6,11,13H,4,7-10H2,1-3H3,(H,18,21). The van der Waals surface area contributed by atoms with Crippen molar-refractivity contribution in [1.29, 1.82) is 0 Å². The fraction of sp³-hybridized carbons (Fsp3) is 0.562. The zero-order valence-corrected chi connectivity index (χ0v) is 14.6. The molecular formula is C16H24BrN3O. The Bertz CT molecular complexity index is 498. The third kappa shape index (κ3) is 4.13. The number of rotatable bonds is 3. The van der Waals surface area contributed by atoms with Crippen LogP contribution in [0.2, 0.25) is 0 Å². The predicted octanol–water partition coefficient (Wildman–Crippen LogP) is 3.39. The van der Waals surface area contributed by atoms with Crippen molar-refractivity contribution in [1.82, 2.24) is 10.2 Å². The molecule has 0 saturated carbocycles. The van der Waals surface area contributed by atoms with Crippen LogP contribution < -0.4 is 10.2 Å². The van der Waals surface area contributed by atoms with E-state index in [1.54, 1.807) is 0 Å². The number of aryl methyl sites for hydroxylation is 1. The molecule has 0 aromatic heterocycles. The van der Waals surface area contributed by atoms with Crippen molar-refractivity contribution in [3.8, 4) is 0 Å². The van der Waals surface area contributed by atoms with Gasteiger partial charge in [0.25, 0.3) is 0 Å². The van der Waals surface area contributed by atoms with Crippen molar-refractivity contribution in [2.45, 2.75) is 33.2 Å². The quantitative estimate of drug-likeness (QED) is 0.903. The van der Waals surface area contributed by atoms with Crippen LogP contribution in [0.15, 0.2) is 22.7 Å². The first-order valence-corrected chi connectivity index (χ1v) is 8.37. The van der Waals surface area contributed by atoms with E-state index in [1.807, 2.05) is 11.8 Å². The van der Waals surface area contributed by atoms with E-state index in [1.165, 1.54) is 11.3 Å². The normalized spacial score (nSPS) is 16.8. The Morgan fingerprint density at radius 1 is 1.33 bits per heavy atom. The van der Waals surface area contributed by atoms with Crippen LogP contribution in [-0.2, 0) is 0 Å². The molecule has 1 atom stereocenters. The first kappa shape index (κ1) is 16.1. The highest BCUT2D eigenvalue weighted by Gasteiger charge is 2.22. The van der Waals surface area contributed by atoms with Crippen molar-refractivity contribution in [3.63, 3.8) is 0 Å². The Morgan fingerprint density at radius 2 is 2.00 bits per heavy atom. The largest absolute Gasteiger partial charge is 0.368 e. The molecule has 116 valence electrons. The summed E-state index contributed by atoms with van der Waals surface area (Å²) >= 11 is 3.58. The van der Waals surface area contributed by atoms with Crippen molar-refractivity contribution in [2.75, 3.05) is 31.1 Å². The third-order valence-electron chi connectivity index (χ3n) is 4.07. The number of nitrogens with one attached hydrogen (secondary N) is 1. The zero-order chi connectivity index (χ0) is 15.4. The Balaban J connectivity index is 1.90. The number of halogens is 1. The number of urea groups is 1. The Labute approximate surface area is 135 Å². The molecule has 1 N–H and O–H groups in total. The van der Waals surface area contributed by atoms with Gasteiger partial charge in [-0.1, -0.05) is 28.9 Å². The van der Waals surface area contributed by atoms with E-state index in [9.17, 15) is 4.79 Å². The molecule has 0 spiro atoms. The van der Waals surface area contributed by atoms with Gasteiger partial charge in [-0.15, -0.1) is 0 Å². The number of nitrogens with zero attached hydrogens (tertiary/aromatic N) is 2. The Kier molecular flexibility index (Phi) is 5.51. The van der Waals surface area contributed by atoms with E-state index < -0.39 is 0 Å². The maximum atomic E-state index is 12.1. The maximum Gasteiger partial charge on any atom is 0.317 e. The highest BCUT2D eigenvalue weighted by atomic mass is 79.9. The highest BCUT2D eigenvalue weighted by molar-refractivity contribution is 9.10. The molecule has 1 heterocycles. The fourth-order valence-electron chi connectivity index (χ4n) is 2.35. The minimum Gasteiger partial charge on any atom is -0.368 e. The first-order valence-electron chi connectivity index (χ1n) is 7.57. The van der Waals surface area contributed by atoms with Crippen LogP contribution in [0.3, 0.4) is 0 Å². The van der Waals surface area contributed by atoms with Gasteiger partial charge in [0.2, 0.25) is 0 Å². The molecule has 0 bridgehead atoms. The molecule has 1 aliphatic rings. The molecule has 2 rings (SSSR count). The van der Waals surface area contributed by atoms with Crippen molar-refractivity contribution >= 4 is 27.6 Å². The number of carbonyl (C=O) groups excluding carboxylic acids is 1. The number of amides is 2. The Hall–Kier alpha value is -1.23. The minimum atomic E-state index is 0.0640. The van der Waals surface area contributed by atoms with E-state index in [-0.39, 0.29) is 12.1 Å². The molecular weight excluding hydrogens is 330 g/mol. The lowest BCUT2D eigenvalue weighted by atomic mass is 10.2. The summed E-state index contributed by atoms with van der Waals surface area (Å²) in [5, 5.41) is 3.03. The van der Waals surface area contributed by atoms with E-state index >= 15 is 0 Å². The molecule has 1 saturated heterocycles. The van der Waals surface area contributed by atoms with Crippen LogP contribution in [0.25, 0.3) is 0 Å². The van der Waals surface area contributed by atoms with Gasteiger partial charge in [0.05, 0.1) is 0 Å². The van der Waals surface area contributed by atoms with Crippen LogP contribution in [-0.4, -0.2) is 43.2 Å². The second-order valence-electron chi connectivity index (χ2n) is 5.67. The number of anilines is 1. The lowest BCUT2D eigenvalue weighted by Crippen LogP contribution is -2.53. The molecule has 1 aliphatic heterocycles. The van der Waals surface area contributed by atoms with E-state index in [2.05, 4.69) is 58.2 Å². The zero-order valence-electron chi connectivity index (χ0n) is 13.0. The summed E-state index contributed by atoms with van der Waals surface area (Å²) in [6.07, 6.45) is 0.961. The van der Waals surface area contributed by atoms with Gasteiger partial charge in [-0.25, -0.2) is 4.79 Å². The topological polar surface area (TPSA) is 35.6 Å². The SMILES string of the molecule is CCC(C)NC(=O)N1CCN(c2ccc(C)c(Br)c2)CC1. The van der Waals surface area contributed by atoms with Gasteiger partial charge in [-0.2, -0.15) is 0 Å². The maximum absolute atomic E-state index is 12.1. The summed E-state index contributed by atoms with van der Waals surface area (Å²) in [6, 6.07) is 6.73. The monoisotopic (exact) mass is 353 g/mol. The lowest BCUT2D eigenvalue weighted by molar-refractivity contribution is 0.191. The van der Waals surface area contributed by atoms with Gasteiger partial charge >= 0.3 is 6.03 Å². The van der Waals surface area contributed by atoms with Crippen LogP contribution in [0, 0.1) is 6.92 Å². The molecule has 1 unspecified atom stereocenters. The summed E-state index contributed by atoms with van der Waals surface area (Å²) < 4.78 is 1.14. The average molecular weight is 354 g/mol. The smallest absolute Gasteiger partial charge is 0.317 e. The van der Waals surface area contributed by atoms with E-state index in [0.717, 1.165) is 37.1 Å². The van der Waals surface area contributed by atoms with Crippen molar-refractivity contribution in [3.05, 3.63) is 28.2 Å². The number of benzene rings is 1. The van der Waals surface area contributed by atoms with E-state index in [0.29, 0.717) is 0 Å². The molecule has 0 aliphatic carbocycles. The average Bonchev–Trinajstić information content (AvgIpc) is 2.50. The molecule has 2 amide bonds. The molecule has 21 heavy (non-hydrogen) atoms. The number of carbonyl (C=O) groups is 1. The third-order valence-corrected chi connectivity index (χ3v) is 4.92. The van der Waals surface area contributed by atoms with Gasteiger partial charge < -0.3 is 15.1 Å². The molecule has 1 aromatic carbocycles. The van der Waals surface area contributed by atoms with Gasteiger partial charge in [0, 0.05) is 42.4 Å². The van der Waals surface area contributed by atoms with Crippen molar-refractivity contribution in [2.24, 2.45) is 0 Å². The van der Waals surface area contributed by atoms with Crippen LogP contribution in [0.4, 0.5) is 10.5 Å². The van der Waals surface area contributed by atoms with Gasteiger partial charge in [0.1, 0.15) is 0 Å². The number of piperazine rings is 1. The summed E-state index contributed by atoms with van der Waals surface area (Å²) in [6.45, 7) is 9.51. The highest BCUT2D eigenvalue weighted by Crippen LogP contribution is 2.24. The summed E-state index contributed by atoms with van der Waals surface area (Å²) in [7, 11) is 0. The Morgan fingerprint density at radius 3 is 2.57 bits per heavy atom. The first-order chi connectivity index (χ1) is 10.0. The van der Waals surface area contributed by atoms with Crippen molar-refractivity contribution < 1.29 is 4.79 Å². The second kappa shape index (κ2) is 7.16. The number of hydrogen-bond donors (Lipinski definition) is 1. The molecule has 5 heteroatoms. The second-order valence-corrected chi connectivity index (χ2v) is 6.52. The molecule has 4 nitrogen and oxygen atoms in total. The van der Waals surface area contributed by atoms with Crippen LogP contribution in [0.1, 0.15) is 25.8 Å². The summed E-state index contributed by atoms with van der Waals surface area (Å²) in [5.74, 6) is 0. The van der Waals surface area contributed by atoms with Gasteiger partial charge in [0.15, 0.2) is 0 Å². The lowest BCUT2D eigenvalue weighted by Gasteiger charge is -2.36. The van der Waals surface area contributed by atoms with E-state index in [4.69, 9.17) is 0 Å². The summed E-state index contributed by atoms with van der Waals surface area (Å²) in [5.41, 5.74) is 2.46.